The summed E-state index contributed by atoms with van der Waals surface area (Å²) in [7, 11) is 1.29. The summed E-state index contributed by atoms with van der Waals surface area (Å²) in [4.78, 5) is 74.3. The zero-order valence-electron chi connectivity index (χ0n) is 35.1. The van der Waals surface area contributed by atoms with Gasteiger partial charge in [0.15, 0.2) is 0 Å². The van der Waals surface area contributed by atoms with Gasteiger partial charge in [-0.2, -0.15) is 0 Å². The Morgan fingerprint density at radius 1 is 0.794 bits per heavy atom. The van der Waals surface area contributed by atoms with Crippen molar-refractivity contribution < 1.29 is 29.0 Å². The lowest BCUT2D eigenvalue weighted by molar-refractivity contribution is -0.139. The molecule has 16 heteroatoms. The number of carbonyl (C=O) groups is 4. The predicted molar refractivity (Wildman–Crippen MR) is 244 cm³/mol. The van der Waals surface area contributed by atoms with Crippen molar-refractivity contribution in [3.05, 3.63) is 108 Å². The SMILES string of the molecule is COC(=O)N[C@@H](C(=O)N1CCCC1c1nc2cc(-c3cc4sc(-c5ccc(-c6cnc(C7CCCN7C(=O)[C@@H](NC(=O)CO)C(C)C)[nH]6)cc5)cc4s3)ccc2[nH]1)c1ccccc1. The number of thiophene rings is 2. The number of alkyl carbamates (subject to hydrolysis) is 1. The Balaban J connectivity index is 0.879. The number of fused-ring (bicyclic) bond motifs is 2. The highest BCUT2D eigenvalue weighted by atomic mass is 32.1. The number of nitrogens with zero attached hydrogens (tertiary/aromatic N) is 4. The van der Waals surface area contributed by atoms with Crippen LogP contribution in [0.25, 0.3) is 52.6 Å². The highest BCUT2D eigenvalue weighted by Gasteiger charge is 2.38. The molecule has 6 heterocycles. The van der Waals surface area contributed by atoms with E-state index in [0.717, 1.165) is 69.8 Å². The van der Waals surface area contributed by atoms with E-state index in [-0.39, 0.29) is 29.8 Å². The second-order valence-electron chi connectivity index (χ2n) is 16.4. The fourth-order valence-corrected chi connectivity index (χ4v) is 11.1. The minimum Gasteiger partial charge on any atom is -0.453 e. The number of carbonyl (C=O) groups excluding carboxylic acids is 4. The molecule has 4 aromatic heterocycles. The lowest BCUT2D eigenvalue weighted by Gasteiger charge is -2.30. The molecule has 0 saturated carbocycles. The molecule has 9 rings (SSSR count). The lowest BCUT2D eigenvalue weighted by Crippen LogP contribution is -2.51. The number of aromatic nitrogens is 4. The summed E-state index contributed by atoms with van der Waals surface area (Å²) in [5, 5.41) is 14.7. The van der Waals surface area contributed by atoms with Crippen LogP contribution in [-0.4, -0.2) is 91.5 Å². The molecule has 0 radical (unpaired) electrons. The van der Waals surface area contributed by atoms with Crippen LogP contribution in [0.15, 0.2) is 91.1 Å². The Hall–Kier alpha value is -6.36. The van der Waals surface area contributed by atoms with Crippen molar-refractivity contribution >= 4 is 66.9 Å². The summed E-state index contributed by atoms with van der Waals surface area (Å²) in [6.45, 7) is 4.23. The second-order valence-corrected chi connectivity index (χ2v) is 18.5. The maximum atomic E-state index is 14.0. The molecule has 0 spiro atoms. The third-order valence-electron chi connectivity index (χ3n) is 12.0. The van der Waals surface area contributed by atoms with Crippen molar-refractivity contribution in [2.24, 2.45) is 5.92 Å². The molecule has 4 amide bonds. The number of aliphatic hydroxyl groups excluding tert-OH is 1. The largest absolute Gasteiger partial charge is 0.453 e. The highest BCUT2D eigenvalue weighted by Crippen LogP contribution is 2.43. The minimum atomic E-state index is -0.880. The van der Waals surface area contributed by atoms with Crippen molar-refractivity contribution in [1.82, 2.24) is 40.4 Å². The van der Waals surface area contributed by atoms with Gasteiger partial charge in [0.2, 0.25) is 11.8 Å². The highest BCUT2D eigenvalue weighted by molar-refractivity contribution is 7.31. The number of rotatable bonds is 12. The Morgan fingerprint density at radius 2 is 1.43 bits per heavy atom. The number of likely N-dealkylation sites (tertiary alicyclic amines) is 2. The molecule has 324 valence electrons. The summed E-state index contributed by atoms with van der Waals surface area (Å²) in [6.07, 6.45) is 4.32. The van der Waals surface area contributed by atoms with E-state index in [1.165, 1.54) is 21.4 Å². The zero-order chi connectivity index (χ0) is 43.8. The van der Waals surface area contributed by atoms with Crippen LogP contribution in [0.2, 0.25) is 0 Å². The van der Waals surface area contributed by atoms with Crippen LogP contribution in [0.5, 0.6) is 0 Å². The summed E-state index contributed by atoms with van der Waals surface area (Å²) < 4.78 is 7.26. The third kappa shape index (κ3) is 8.45. The van der Waals surface area contributed by atoms with E-state index in [1.807, 2.05) is 61.3 Å². The fraction of sp³-hybridized carbons (Fsp3) is 0.319. The first-order valence-electron chi connectivity index (χ1n) is 21.2. The molecule has 63 heavy (non-hydrogen) atoms. The maximum Gasteiger partial charge on any atom is 0.407 e. The summed E-state index contributed by atoms with van der Waals surface area (Å²) in [5.41, 5.74) is 6.45. The number of benzene rings is 3. The zero-order valence-corrected chi connectivity index (χ0v) is 36.7. The van der Waals surface area contributed by atoms with Gasteiger partial charge in [-0.05, 0) is 78.1 Å². The van der Waals surface area contributed by atoms with Gasteiger partial charge >= 0.3 is 6.09 Å². The molecule has 5 N–H and O–H groups in total. The smallest absolute Gasteiger partial charge is 0.407 e. The molecule has 7 aromatic rings. The molecule has 0 bridgehead atoms. The Kier molecular flexibility index (Phi) is 11.8. The molecule has 2 unspecified atom stereocenters. The van der Waals surface area contributed by atoms with Crippen LogP contribution < -0.4 is 10.6 Å². The van der Waals surface area contributed by atoms with E-state index < -0.39 is 30.7 Å². The van der Waals surface area contributed by atoms with Crippen LogP contribution in [0.3, 0.4) is 0 Å². The standard InChI is InChI=1S/C47H48N8O6S2/c1-26(2)41(52-40(57)25-56)45(58)54-19-7-11-34(54)43-48-24-33(51-43)27-13-15-28(16-14-27)36-22-38-39(62-36)23-37(63-38)30-17-18-31-32(21-30)50-44(49-31)35-12-8-20-55(35)46(59)42(53-47(60)61-3)29-9-5-4-6-10-29/h4-6,9-10,13-18,21-24,26,34-35,41-42,56H,7-8,11-12,19-20,25H2,1-3H3,(H,48,51)(H,49,50)(H,52,57)(H,53,60)/t34?,35?,41-,42+/m0/s1. The van der Waals surface area contributed by atoms with E-state index in [0.29, 0.717) is 24.5 Å². The molecule has 3 aromatic carbocycles. The maximum absolute atomic E-state index is 14.0. The first-order valence-corrected chi connectivity index (χ1v) is 22.8. The van der Waals surface area contributed by atoms with E-state index in [1.54, 1.807) is 27.6 Å². The number of ether oxygens (including phenoxy) is 1. The van der Waals surface area contributed by atoms with Crippen LogP contribution >= 0.6 is 22.7 Å². The Morgan fingerprint density at radius 3 is 2.10 bits per heavy atom. The molecule has 14 nitrogen and oxygen atoms in total. The van der Waals surface area contributed by atoms with Gasteiger partial charge in [-0.15, -0.1) is 22.7 Å². The molecule has 0 aliphatic carbocycles. The van der Waals surface area contributed by atoms with E-state index >= 15 is 0 Å². The first kappa shape index (κ1) is 42.0. The van der Waals surface area contributed by atoms with Gasteiger partial charge in [0.05, 0.1) is 42.1 Å². The molecular formula is C47H48N8O6S2. The number of H-pyrrole nitrogens is 2. The number of imidazole rings is 2. The number of hydrogen-bond acceptors (Lipinski definition) is 10. The number of hydrogen-bond donors (Lipinski definition) is 5. The molecule has 2 aliphatic heterocycles. The van der Waals surface area contributed by atoms with Crippen LogP contribution in [-0.2, 0) is 19.1 Å². The number of nitrogens with one attached hydrogen (secondary N) is 4. The van der Waals surface area contributed by atoms with Gasteiger partial charge in [0.25, 0.3) is 5.91 Å². The number of aromatic amines is 2. The van der Waals surface area contributed by atoms with Crippen molar-refractivity contribution in [3.8, 4) is 32.1 Å². The first-order chi connectivity index (χ1) is 30.6. The van der Waals surface area contributed by atoms with Gasteiger partial charge in [-0.1, -0.05) is 74.5 Å². The minimum absolute atomic E-state index is 0.135. The summed E-state index contributed by atoms with van der Waals surface area (Å²) in [5.74, 6) is 0.371. The number of methoxy groups -OCH3 is 1. The molecule has 2 saturated heterocycles. The molecular weight excluding hydrogens is 837 g/mol. The quantitative estimate of drug-likeness (QED) is 0.0815. The van der Waals surface area contributed by atoms with Crippen molar-refractivity contribution in [2.75, 3.05) is 26.8 Å². The summed E-state index contributed by atoms with van der Waals surface area (Å²) >= 11 is 3.50. The second kappa shape index (κ2) is 17.8. The van der Waals surface area contributed by atoms with Crippen molar-refractivity contribution in [3.63, 3.8) is 0 Å². The van der Waals surface area contributed by atoms with Gasteiger partial charge in [-0.3, -0.25) is 14.4 Å². The van der Waals surface area contributed by atoms with Gasteiger partial charge in [0.1, 0.15) is 30.3 Å². The van der Waals surface area contributed by atoms with Crippen LogP contribution in [0, 0.1) is 5.92 Å². The molecule has 2 fully saturated rings. The average Bonchev–Trinajstić information content (AvgIpc) is 4.16. The topological polar surface area (TPSA) is 186 Å². The predicted octanol–water partition coefficient (Wildman–Crippen LogP) is 8.12. The fourth-order valence-electron chi connectivity index (χ4n) is 8.74. The number of amides is 4. The van der Waals surface area contributed by atoms with Crippen molar-refractivity contribution in [1.29, 1.82) is 0 Å². The Labute approximate surface area is 371 Å². The average molecular weight is 885 g/mol. The lowest BCUT2D eigenvalue weighted by atomic mass is 10.0. The van der Waals surface area contributed by atoms with Gasteiger partial charge in [-0.25, -0.2) is 14.8 Å². The van der Waals surface area contributed by atoms with E-state index in [9.17, 15) is 24.3 Å². The normalized spacial score (nSPS) is 17.4. The van der Waals surface area contributed by atoms with E-state index in [4.69, 9.17) is 9.72 Å². The molecule has 4 atom stereocenters. The van der Waals surface area contributed by atoms with Crippen molar-refractivity contribution in [2.45, 2.75) is 63.7 Å². The summed E-state index contributed by atoms with van der Waals surface area (Å²) in [6, 6.07) is 26.3. The number of aliphatic hydroxyl groups is 1. The molecule has 2 aliphatic rings. The van der Waals surface area contributed by atoms with Gasteiger partial charge < -0.3 is 40.2 Å². The van der Waals surface area contributed by atoms with Gasteiger partial charge in [0, 0.05) is 32.2 Å². The third-order valence-corrected chi connectivity index (χ3v) is 14.4. The Bertz CT molecular complexity index is 2760. The monoisotopic (exact) mass is 884 g/mol. The van der Waals surface area contributed by atoms with E-state index in [2.05, 4.69) is 74.1 Å². The van der Waals surface area contributed by atoms with Crippen LogP contribution in [0.4, 0.5) is 4.79 Å². The van der Waals surface area contributed by atoms with Crippen LogP contribution in [0.1, 0.15) is 74.9 Å².